The van der Waals surface area contributed by atoms with E-state index in [2.05, 4.69) is 49.4 Å². The van der Waals surface area contributed by atoms with Gasteiger partial charge in [0.15, 0.2) is 5.82 Å². The Kier molecular flexibility index (Phi) is 18.0. The minimum atomic E-state index is -1.26. The Morgan fingerprint density at radius 1 is 0.662 bits per heavy atom. The summed E-state index contributed by atoms with van der Waals surface area (Å²) >= 11 is 13.0. The molecule has 7 aromatic rings. The van der Waals surface area contributed by atoms with Crippen molar-refractivity contribution in [3.05, 3.63) is 173 Å². The van der Waals surface area contributed by atoms with E-state index >= 15 is 0 Å². The van der Waals surface area contributed by atoms with E-state index in [0.29, 0.717) is 22.3 Å². The van der Waals surface area contributed by atoms with Gasteiger partial charge in [0.25, 0.3) is 0 Å². The normalized spacial score (nSPS) is 15.1. The standard InChI is InChI=1S/C32H31ClN4O2.C19H21ClN4O.2C2H6/c1-21(17-32(39,24-10-6-4-7-11-24)25-12-8-5-9-13-25)37-29-26-16-22(14-15-28(26)34-20-27(29)33)23-18-35-30(36-19-23)31(2,3)38;1-11(2)24-17-14-8-12(4-5-16(14)22-10-15(17)20)13-6-7-19(3,25)18(21)23-9-13;2*1-2/h4-16,18-21,38-39H,17H2,1-3H3,(H,34,37);4-11,25H,1-3H3,(H2,21,23)(H,22,24);2*1-2H3. The van der Waals surface area contributed by atoms with E-state index in [-0.39, 0.29) is 17.9 Å². The van der Waals surface area contributed by atoms with Gasteiger partial charge in [-0.25, -0.2) is 15.0 Å². The summed E-state index contributed by atoms with van der Waals surface area (Å²) in [6.45, 7) is 19.1. The molecule has 4 heterocycles. The third kappa shape index (κ3) is 12.7. The van der Waals surface area contributed by atoms with Crippen molar-refractivity contribution in [1.29, 1.82) is 0 Å². The van der Waals surface area contributed by atoms with Crippen molar-refractivity contribution >= 4 is 67.8 Å². The molecule has 8 rings (SSSR count). The zero-order chi connectivity index (χ0) is 49.8. The van der Waals surface area contributed by atoms with Gasteiger partial charge in [0.05, 0.1) is 32.5 Å². The van der Waals surface area contributed by atoms with Crippen LogP contribution in [0.4, 0.5) is 11.4 Å². The number of allylic oxidation sites excluding steroid dienone is 2. The summed E-state index contributed by atoms with van der Waals surface area (Å²) in [5, 5.41) is 42.2. The Morgan fingerprint density at radius 2 is 1.15 bits per heavy atom. The maximum absolute atomic E-state index is 12.0. The highest BCUT2D eigenvalue weighted by molar-refractivity contribution is 6.35. The van der Waals surface area contributed by atoms with Crippen LogP contribution in [0.2, 0.25) is 10.0 Å². The first kappa shape index (κ1) is 52.8. The maximum Gasteiger partial charge on any atom is 0.159 e. The summed E-state index contributed by atoms with van der Waals surface area (Å²) in [6, 6.07) is 31.3. The Morgan fingerprint density at radius 3 is 1.65 bits per heavy atom. The molecule has 2 atom stereocenters. The van der Waals surface area contributed by atoms with Crippen LogP contribution in [0.5, 0.6) is 0 Å². The second-order valence-electron chi connectivity index (χ2n) is 17.0. The number of aliphatic imine (C=N–C) groups is 1. The molecule has 0 saturated heterocycles. The summed E-state index contributed by atoms with van der Waals surface area (Å²) < 4.78 is 0. The van der Waals surface area contributed by atoms with Crippen LogP contribution in [-0.2, 0) is 11.2 Å². The van der Waals surface area contributed by atoms with Gasteiger partial charge in [0.1, 0.15) is 22.6 Å². The average Bonchev–Trinajstić information content (AvgIpc) is 3.48. The molecule has 13 heteroatoms. The van der Waals surface area contributed by atoms with Crippen LogP contribution in [0.15, 0.2) is 145 Å². The number of nitrogens with two attached hydrogens (primary N) is 1. The third-order valence-electron chi connectivity index (χ3n) is 10.9. The molecule has 68 heavy (non-hydrogen) atoms. The second kappa shape index (κ2) is 23.2. The molecule has 0 saturated carbocycles. The number of aliphatic hydroxyl groups is 3. The second-order valence-corrected chi connectivity index (χ2v) is 17.8. The fourth-order valence-corrected chi connectivity index (χ4v) is 7.87. The van der Waals surface area contributed by atoms with E-state index in [9.17, 15) is 15.3 Å². The first-order valence-corrected chi connectivity index (χ1v) is 23.7. The molecule has 0 amide bonds. The number of anilines is 2. The summed E-state index contributed by atoms with van der Waals surface area (Å²) in [7, 11) is 0. The Balaban J connectivity index is 0.000000257. The lowest BCUT2D eigenvalue weighted by molar-refractivity contribution is 0.0670. The molecule has 4 aromatic carbocycles. The van der Waals surface area contributed by atoms with E-state index in [0.717, 1.165) is 66.6 Å². The third-order valence-corrected chi connectivity index (χ3v) is 11.5. The molecule has 1 aliphatic rings. The molecule has 0 radical (unpaired) electrons. The first-order chi connectivity index (χ1) is 32.4. The van der Waals surface area contributed by atoms with E-state index in [1.807, 2.05) is 138 Å². The van der Waals surface area contributed by atoms with Crippen molar-refractivity contribution in [3.8, 4) is 11.1 Å². The van der Waals surface area contributed by atoms with Crippen LogP contribution in [-0.4, -0.2) is 58.8 Å². The zero-order valence-electron chi connectivity index (χ0n) is 40.6. The number of amidine groups is 1. The van der Waals surface area contributed by atoms with Crippen molar-refractivity contribution in [3.63, 3.8) is 0 Å². The Hall–Kier alpha value is -6.21. The number of fused-ring (bicyclic) bond motifs is 2. The molecular weight excluding hydrogens is 892 g/mol. The van der Waals surface area contributed by atoms with E-state index < -0.39 is 16.8 Å². The number of rotatable bonds is 11. The summed E-state index contributed by atoms with van der Waals surface area (Å²) in [4.78, 5) is 21.8. The quantitative estimate of drug-likeness (QED) is 0.0732. The number of nitrogens with one attached hydrogen (secondary N) is 2. The van der Waals surface area contributed by atoms with E-state index in [4.69, 9.17) is 28.9 Å². The van der Waals surface area contributed by atoms with Crippen molar-refractivity contribution in [1.82, 2.24) is 19.9 Å². The molecule has 3 aromatic heterocycles. The molecule has 0 aliphatic carbocycles. The number of aromatic nitrogens is 4. The summed E-state index contributed by atoms with van der Waals surface area (Å²) in [6.07, 6.45) is 12.2. The predicted octanol–water partition coefficient (Wildman–Crippen LogP) is 12.5. The van der Waals surface area contributed by atoms with Gasteiger partial charge in [-0.2, -0.15) is 0 Å². The molecule has 2 unspecified atom stereocenters. The van der Waals surface area contributed by atoms with Crippen LogP contribution < -0.4 is 16.4 Å². The zero-order valence-corrected chi connectivity index (χ0v) is 42.1. The summed E-state index contributed by atoms with van der Waals surface area (Å²) in [5.41, 5.74) is 10.6. The highest BCUT2D eigenvalue weighted by Crippen LogP contribution is 2.38. The lowest BCUT2D eigenvalue weighted by Crippen LogP contribution is -2.38. The lowest BCUT2D eigenvalue weighted by atomic mass is 9.81. The molecule has 0 fully saturated rings. The van der Waals surface area contributed by atoms with Gasteiger partial charge in [-0.3, -0.25) is 9.97 Å². The maximum atomic E-state index is 12.0. The lowest BCUT2D eigenvalue weighted by Gasteiger charge is -2.33. The van der Waals surface area contributed by atoms with Gasteiger partial charge in [0.2, 0.25) is 0 Å². The molecule has 1 aliphatic heterocycles. The fraction of sp³-hybridized carbons (Fsp3) is 0.291. The van der Waals surface area contributed by atoms with E-state index in [1.165, 1.54) is 0 Å². The minimum absolute atomic E-state index is 0.156. The Bertz CT molecular complexity index is 2820. The molecule has 11 nitrogen and oxygen atoms in total. The van der Waals surface area contributed by atoms with Crippen molar-refractivity contribution in [2.75, 3.05) is 10.6 Å². The van der Waals surface area contributed by atoms with Crippen molar-refractivity contribution < 1.29 is 15.3 Å². The number of hydrogen-bond acceptors (Lipinski definition) is 11. The van der Waals surface area contributed by atoms with Crippen LogP contribution in [0.25, 0.3) is 38.5 Å². The molecule has 0 spiro atoms. The number of benzene rings is 4. The largest absolute Gasteiger partial charge is 0.384 e. The number of halogens is 2. The number of hydrogen-bond donors (Lipinski definition) is 6. The predicted molar refractivity (Wildman–Crippen MR) is 284 cm³/mol. The van der Waals surface area contributed by atoms with Gasteiger partial charge < -0.3 is 31.7 Å². The topological polar surface area (TPSA) is 175 Å². The smallest absolute Gasteiger partial charge is 0.159 e. The highest BCUT2D eigenvalue weighted by atomic mass is 35.5. The van der Waals surface area contributed by atoms with Crippen molar-refractivity contribution in [2.24, 2.45) is 10.7 Å². The van der Waals surface area contributed by atoms with Crippen LogP contribution in [0.3, 0.4) is 0 Å². The minimum Gasteiger partial charge on any atom is -0.384 e. The first-order valence-electron chi connectivity index (χ1n) is 23.0. The molecular formula is C55H64Cl2N8O3. The van der Waals surface area contributed by atoms with Gasteiger partial charge >= 0.3 is 0 Å². The van der Waals surface area contributed by atoms with Gasteiger partial charge in [0, 0.05) is 65.8 Å². The molecule has 7 N–H and O–H groups in total. The summed E-state index contributed by atoms with van der Waals surface area (Å²) in [5.74, 6) is 0.517. The highest BCUT2D eigenvalue weighted by Gasteiger charge is 2.33. The van der Waals surface area contributed by atoms with Gasteiger partial charge in [-0.05, 0) is 99.7 Å². The van der Waals surface area contributed by atoms with Crippen molar-refractivity contribution in [2.45, 2.75) is 105 Å². The molecule has 356 valence electrons. The van der Waals surface area contributed by atoms with Crippen LogP contribution >= 0.6 is 23.2 Å². The van der Waals surface area contributed by atoms with Gasteiger partial charge in [-0.1, -0.05) is 130 Å². The Labute approximate surface area is 411 Å². The SMILES string of the molecule is CC.CC.CC(C)Nc1c(Cl)cnc2ccc(C3=CN=C(N)C(C)(O)C=C3)cc12.CC(CC(O)(c1ccccc1)c1ccccc1)Nc1c(Cl)cnc2ccc(-c3cnc(C(C)(C)O)nc3)cc12. The monoisotopic (exact) mass is 954 g/mol. The van der Waals surface area contributed by atoms with Crippen LogP contribution in [0.1, 0.15) is 98.2 Å². The molecule has 0 bridgehead atoms. The number of nitrogens with zero attached hydrogens (tertiary/aromatic N) is 5. The van der Waals surface area contributed by atoms with Gasteiger partial charge in [-0.15, -0.1) is 0 Å². The fourth-order valence-electron chi connectivity index (χ4n) is 7.46. The van der Waals surface area contributed by atoms with Crippen LogP contribution in [0, 0.1) is 0 Å². The number of pyridine rings is 2. The average molecular weight is 956 g/mol. The van der Waals surface area contributed by atoms with E-state index in [1.54, 1.807) is 57.8 Å².